The van der Waals surface area contributed by atoms with E-state index < -0.39 is 32.9 Å². The molecule has 1 N–H and O–H groups in total. The van der Waals surface area contributed by atoms with Crippen LogP contribution in [0.15, 0.2) is 41.0 Å². The molecule has 5 rings (SSSR count). The number of benzene rings is 2. The van der Waals surface area contributed by atoms with Crippen molar-refractivity contribution < 1.29 is 30.7 Å². The molecular formula is C23H21F3N2O4S. The van der Waals surface area contributed by atoms with Crippen LogP contribution in [0.3, 0.4) is 0 Å². The molecule has 3 aromatic rings. The highest BCUT2D eigenvalue weighted by Crippen LogP contribution is 2.45. The number of fused-ring (bicyclic) bond motifs is 7. The van der Waals surface area contributed by atoms with Crippen molar-refractivity contribution in [2.45, 2.75) is 43.7 Å². The van der Waals surface area contributed by atoms with E-state index in [9.17, 15) is 21.6 Å². The molecule has 174 valence electrons. The van der Waals surface area contributed by atoms with E-state index in [1.807, 2.05) is 0 Å². The van der Waals surface area contributed by atoms with Crippen LogP contribution in [0.25, 0.3) is 11.1 Å². The van der Waals surface area contributed by atoms with E-state index >= 15 is 0 Å². The molecule has 2 atom stereocenters. The van der Waals surface area contributed by atoms with Gasteiger partial charge in [-0.05, 0) is 43.4 Å². The molecule has 1 fully saturated rings. The van der Waals surface area contributed by atoms with Gasteiger partial charge < -0.3 is 9.15 Å². The average Bonchev–Trinajstić information content (AvgIpc) is 3.35. The summed E-state index contributed by atoms with van der Waals surface area (Å²) in [6.45, 7) is -0.117. The van der Waals surface area contributed by atoms with Crippen molar-refractivity contribution >= 4 is 10.0 Å². The van der Waals surface area contributed by atoms with Crippen molar-refractivity contribution in [3.05, 3.63) is 71.2 Å². The van der Waals surface area contributed by atoms with E-state index in [2.05, 4.69) is 9.71 Å². The number of para-hydroxylation sites is 1. The molecule has 1 saturated carbocycles. The van der Waals surface area contributed by atoms with Crippen molar-refractivity contribution in [2.75, 3.05) is 6.26 Å². The monoisotopic (exact) mass is 478 g/mol. The lowest BCUT2D eigenvalue weighted by atomic mass is 9.79. The molecule has 6 nitrogen and oxygen atoms in total. The molecule has 33 heavy (non-hydrogen) atoms. The molecule has 2 aliphatic rings. The summed E-state index contributed by atoms with van der Waals surface area (Å²) in [5, 5.41) is 0. The largest absolute Gasteiger partial charge is 0.483 e. The predicted molar refractivity (Wildman–Crippen MR) is 114 cm³/mol. The highest BCUT2D eigenvalue weighted by Gasteiger charge is 2.46. The van der Waals surface area contributed by atoms with Crippen LogP contribution in [0.5, 0.6) is 5.75 Å². The third kappa shape index (κ3) is 4.13. The fraction of sp³-hybridized carbons (Fsp3) is 0.348. The van der Waals surface area contributed by atoms with Gasteiger partial charge in [0, 0.05) is 23.2 Å². The molecule has 1 spiro atoms. The Labute approximate surface area is 188 Å². The molecule has 1 aliphatic carbocycles. The van der Waals surface area contributed by atoms with Gasteiger partial charge in [0.05, 0.1) is 11.7 Å². The summed E-state index contributed by atoms with van der Waals surface area (Å²) < 4.78 is 81.9. The van der Waals surface area contributed by atoms with Crippen molar-refractivity contribution in [1.29, 1.82) is 0 Å². The van der Waals surface area contributed by atoms with Gasteiger partial charge in [0.1, 0.15) is 30.2 Å². The molecule has 2 aromatic carbocycles. The maximum atomic E-state index is 14.9. The Morgan fingerprint density at radius 3 is 2.73 bits per heavy atom. The summed E-state index contributed by atoms with van der Waals surface area (Å²) in [6.07, 6.45) is 3.91. The fourth-order valence-electron chi connectivity index (χ4n) is 4.89. The van der Waals surface area contributed by atoms with Gasteiger partial charge in [0.2, 0.25) is 15.9 Å². The molecule has 4 bridgehead atoms. The Morgan fingerprint density at radius 1 is 1.12 bits per heavy atom. The van der Waals surface area contributed by atoms with Crippen LogP contribution in [0, 0.1) is 17.5 Å². The molecule has 2 heterocycles. The molecule has 1 aliphatic heterocycles. The third-order valence-electron chi connectivity index (χ3n) is 6.28. The Morgan fingerprint density at radius 2 is 1.94 bits per heavy atom. The number of sulfonamides is 1. The first-order chi connectivity index (χ1) is 15.6. The summed E-state index contributed by atoms with van der Waals surface area (Å²) in [6, 6.07) is 5.90. The van der Waals surface area contributed by atoms with Crippen LogP contribution in [0.1, 0.15) is 36.4 Å². The number of rotatable bonds is 2. The Hall–Kier alpha value is -2.85. The van der Waals surface area contributed by atoms with Gasteiger partial charge in [0.15, 0.2) is 11.6 Å². The molecular weight excluding hydrogens is 457 g/mol. The molecule has 0 saturated heterocycles. The lowest BCUT2D eigenvalue weighted by Crippen LogP contribution is -2.35. The third-order valence-corrected chi connectivity index (χ3v) is 7.04. The van der Waals surface area contributed by atoms with E-state index in [4.69, 9.17) is 9.15 Å². The van der Waals surface area contributed by atoms with E-state index in [1.165, 1.54) is 30.5 Å². The van der Waals surface area contributed by atoms with Crippen molar-refractivity contribution in [3.8, 4) is 16.9 Å². The zero-order chi connectivity index (χ0) is 23.4. The molecule has 0 amide bonds. The summed E-state index contributed by atoms with van der Waals surface area (Å²) >= 11 is 0. The van der Waals surface area contributed by atoms with E-state index in [1.54, 1.807) is 0 Å². The van der Waals surface area contributed by atoms with Crippen LogP contribution in [0.2, 0.25) is 0 Å². The van der Waals surface area contributed by atoms with Gasteiger partial charge in [-0.15, -0.1) is 0 Å². The lowest BCUT2D eigenvalue weighted by molar-refractivity contribution is 0.286. The van der Waals surface area contributed by atoms with E-state index in [0.29, 0.717) is 30.8 Å². The normalized spacial score (nSPS) is 22.4. The summed E-state index contributed by atoms with van der Waals surface area (Å²) in [4.78, 5) is 4.51. The highest BCUT2D eigenvalue weighted by molar-refractivity contribution is 7.88. The lowest BCUT2D eigenvalue weighted by Gasteiger charge is -2.27. The van der Waals surface area contributed by atoms with Crippen LogP contribution in [-0.4, -0.2) is 25.7 Å². The zero-order valence-corrected chi connectivity index (χ0v) is 18.5. The van der Waals surface area contributed by atoms with E-state index in [-0.39, 0.29) is 41.5 Å². The number of hydrogen-bond donors (Lipinski definition) is 1. The summed E-state index contributed by atoms with van der Waals surface area (Å²) in [5.41, 5.74) is -0.0366. The highest BCUT2D eigenvalue weighted by atomic mass is 32.2. The van der Waals surface area contributed by atoms with Crippen molar-refractivity contribution in [2.24, 2.45) is 0 Å². The number of nitrogens with one attached hydrogen (secondary N) is 1. The Bertz CT molecular complexity index is 1340. The van der Waals surface area contributed by atoms with Gasteiger partial charge in [-0.25, -0.2) is 31.3 Å². The number of hydrogen-bond acceptors (Lipinski definition) is 5. The minimum Gasteiger partial charge on any atom is -0.483 e. The van der Waals surface area contributed by atoms with Gasteiger partial charge >= 0.3 is 0 Å². The van der Waals surface area contributed by atoms with Gasteiger partial charge in [-0.3, -0.25) is 0 Å². The quantitative estimate of drug-likeness (QED) is 0.596. The zero-order valence-electron chi connectivity index (χ0n) is 17.7. The minimum atomic E-state index is -3.45. The number of oxazole rings is 1. The average molecular weight is 478 g/mol. The maximum absolute atomic E-state index is 14.9. The standard InChI is InChI=1S/C23H21F3N2O4S/c1-33(29,30)28-14-5-6-23(10-14)9-13-7-17(20(26)8-19(13)25)16-3-2-4-18(24)21(16)31-11-15-12-32-22(23)27-15/h2-4,7-8,12,14,28H,5-6,9-11H2,1H3/t14-,23+/m1/s1. The van der Waals surface area contributed by atoms with Crippen LogP contribution in [0.4, 0.5) is 13.2 Å². The molecule has 0 unspecified atom stereocenters. The van der Waals surface area contributed by atoms with Gasteiger partial charge in [-0.2, -0.15) is 0 Å². The number of halogens is 3. The summed E-state index contributed by atoms with van der Waals surface area (Å²) in [7, 11) is -3.45. The first kappa shape index (κ1) is 22.0. The van der Waals surface area contributed by atoms with Gasteiger partial charge in [0.25, 0.3) is 0 Å². The number of nitrogens with zero attached hydrogens (tertiary/aromatic N) is 1. The van der Waals surface area contributed by atoms with Crippen LogP contribution >= 0.6 is 0 Å². The van der Waals surface area contributed by atoms with Crippen molar-refractivity contribution in [3.63, 3.8) is 0 Å². The number of ether oxygens (including phenoxy) is 1. The first-order valence-corrected chi connectivity index (χ1v) is 12.3. The fourth-order valence-corrected chi connectivity index (χ4v) is 5.70. The minimum absolute atomic E-state index is 0.0182. The van der Waals surface area contributed by atoms with Crippen molar-refractivity contribution in [1.82, 2.24) is 9.71 Å². The first-order valence-electron chi connectivity index (χ1n) is 10.5. The van der Waals surface area contributed by atoms with Gasteiger partial charge in [-0.1, -0.05) is 12.1 Å². The van der Waals surface area contributed by atoms with E-state index in [0.717, 1.165) is 12.3 Å². The Balaban J connectivity index is 1.66. The topological polar surface area (TPSA) is 81.4 Å². The number of aromatic nitrogens is 1. The second kappa shape index (κ2) is 7.88. The SMILES string of the molecule is CS(=O)(=O)N[C@@H]1CC[C@]2(Cc3cc(c(F)cc3F)-c3cccc(F)c3OCc3coc2n3)C1. The molecule has 10 heteroatoms. The molecule has 0 radical (unpaired) electrons. The summed E-state index contributed by atoms with van der Waals surface area (Å²) in [5.74, 6) is -2.11. The Kier molecular flexibility index (Phi) is 5.24. The smallest absolute Gasteiger partial charge is 0.208 e. The molecule has 1 aromatic heterocycles. The van der Waals surface area contributed by atoms with Crippen LogP contribution < -0.4 is 9.46 Å². The maximum Gasteiger partial charge on any atom is 0.208 e. The second-order valence-corrected chi connectivity index (χ2v) is 10.5. The predicted octanol–water partition coefficient (Wildman–Crippen LogP) is 4.23. The second-order valence-electron chi connectivity index (χ2n) is 8.76. The van der Waals surface area contributed by atoms with Crippen LogP contribution in [-0.2, 0) is 28.5 Å².